The minimum atomic E-state index is 0.392. The van der Waals surface area contributed by atoms with Crippen molar-refractivity contribution in [1.82, 2.24) is 0 Å². The molecule has 4 atom stereocenters. The van der Waals surface area contributed by atoms with Crippen LogP contribution in [0.2, 0.25) is 0 Å². The van der Waals surface area contributed by atoms with Gasteiger partial charge in [-0.1, -0.05) is 61.4 Å². The molecule has 4 nitrogen and oxygen atoms in total. The first kappa shape index (κ1) is 33.9. The van der Waals surface area contributed by atoms with Crippen LogP contribution in [0.3, 0.4) is 0 Å². The van der Waals surface area contributed by atoms with E-state index < -0.39 is 0 Å². The van der Waals surface area contributed by atoms with Gasteiger partial charge in [-0.25, -0.2) is 0 Å². The Morgan fingerprint density at radius 1 is 0.346 bits per heavy atom. The monoisotopic (exact) mass is 696 g/mol. The Bertz CT molecular complexity index is 1710. The summed E-state index contributed by atoms with van der Waals surface area (Å²) < 4.78 is 26.0. The molecule has 2 fully saturated rings. The van der Waals surface area contributed by atoms with Gasteiger partial charge in [-0.2, -0.15) is 0 Å². The molecule has 0 spiro atoms. The fourth-order valence-electron chi connectivity index (χ4n) is 10.9. The molecule has 272 valence electrons. The minimum Gasteiger partial charge on any atom is -0.496 e. The van der Waals surface area contributed by atoms with Gasteiger partial charge in [0.05, 0.1) is 28.4 Å². The van der Waals surface area contributed by atoms with Crippen molar-refractivity contribution in [3.05, 3.63) is 115 Å². The fraction of sp³-hybridized carbons (Fsp3) is 0.500. The predicted octanol–water partition coefficient (Wildman–Crippen LogP) is 11.1. The molecule has 0 radical (unpaired) electrons. The molecule has 9 rings (SSSR count). The largest absolute Gasteiger partial charge is 0.496 e. The Morgan fingerprint density at radius 3 is 0.808 bits per heavy atom. The highest BCUT2D eigenvalue weighted by Crippen LogP contribution is 2.57. The van der Waals surface area contributed by atoms with E-state index in [4.69, 9.17) is 18.9 Å². The average molecular weight is 697 g/mol. The maximum atomic E-state index is 6.50. The SMILES string of the molecule is COc1c2cc3cc1[C@H]1CC[C@H]1c1cc(cc(c1OC)Cc1cc4cc(c1OC)[C@H]1CC[C@H]1c1cc(cc(c1OC)C2)CCCCC4)CCCCC3. The molecule has 4 aromatic rings. The number of fused-ring (bicyclic) bond motifs is 8. The lowest BCUT2D eigenvalue weighted by Gasteiger charge is -2.40. The molecule has 0 N–H and O–H groups in total. The standard InChI is InChI=1S/C48H56O4/c1-49-45-33-19-29-11-7-5-8-13-31-21-35(47(51-3)42(24-31)38-16-15-37(38)41(45)23-29)28-36-22-32-14-10-6-9-12-30-20-34(27-33)46(50-2)43(25-30)39-17-18-40(39)44(26-32)48(36)52-4/h19-26,37-40H,5-18,27-28H2,1-4H3/t37-,38+,39+,40-. The first-order chi connectivity index (χ1) is 25.6. The molecule has 0 amide bonds. The molecule has 0 saturated heterocycles. The zero-order chi connectivity index (χ0) is 35.3. The number of methoxy groups -OCH3 is 4. The van der Waals surface area contributed by atoms with Crippen molar-refractivity contribution < 1.29 is 18.9 Å². The Kier molecular flexibility index (Phi) is 9.21. The van der Waals surface area contributed by atoms with Gasteiger partial charge in [-0.15, -0.1) is 0 Å². The number of hydrogen-bond acceptors (Lipinski definition) is 4. The number of benzene rings is 4. The summed E-state index contributed by atoms with van der Waals surface area (Å²) in [6.07, 6.45) is 18.0. The number of aryl methyl sites for hydroxylation is 4. The van der Waals surface area contributed by atoms with Gasteiger partial charge in [0.15, 0.2) is 0 Å². The quantitative estimate of drug-likeness (QED) is 0.213. The molecule has 4 aromatic carbocycles. The van der Waals surface area contributed by atoms with Crippen molar-refractivity contribution in [3.63, 3.8) is 0 Å². The highest BCUT2D eigenvalue weighted by Gasteiger charge is 2.41. The average Bonchev–Trinajstić information content (AvgIpc) is 3.10. The van der Waals surface area contributed by atoms with Crippen LogP contribution in [-0.4, -0.2) is 28.4 Å². The molecule has 0 aliphatic heterocycles. The molecule has 5 aliphatic carbocycles. The van der Waals surface area contributed by atoms with E-state index in [1.165, 1.54) is 105 Å². The third kappa shape index (κ3) is 5.89. The minimum absolute atomic E-state index is 0.392. The van der Waals surface area contributed by atoms with Gasteiger partial charge >= 0.3 is 0 Å². The maximum absolute atomic E-state index is 6.50. The van der Waals surface area contributed by atoms with Crippen molar-refractivity contribution in [2.45, 2.75) is 126 Å². The Hall–Kier alpha value is -3.92. The lowest BCUT2D eigenvalue weighted by molar-refractivity contribution is 0.312. The lowest BCUT2D eigenvalue weighted by atomic mass is 9.64. The predicted molar refractivity (Wildman–Crippen MR) is 210 cm³/mol. The van der Waals surface area contributed by atoms with Crippen molar-refractivity contribution in [2.24, 2.45) is 0 Å². The molecule has 4 heteroatoms. The zero-order valence-corrected chi connectivity index (χ0v) is 31.9. The van der Waals surface area contributed by atoms with Crippen LogP contribution >= 0.6 is 0 Å². The van der Waals surface area contributed by atoms with E-state index in [-0.39, 0.29) is 0 Å². The number of rotatable bonds is 4. The molecule has 0 unspecified atom stereocenters. The Morgan fingerprint density at radius 2 is 0.596 bits per heavy atom. The van der Waals surface area contributed by atoms with Crippen LogP contribution in [0.4, 0.5) is 0 Å². The molecule has 5 aliphatic rings. The second-order valence-corrected chi connectivity index (χ2v) is 16.6. The second kappa shape index (κ2) is 14.1. The van der Waals surface area contributed by atoms with Crippen LogP contribution in [0.25, 0.3) is 0 Å². The maximum Gasteiger partial charge on any atom is 0.125 e. The van der Waals surface area contributed by atoms with E-state index in [0.29, 0.717) is 23.7 Å². The number of hydrogen-bond donors (Lipinski definition) is 0. The van der Waals surface area contributed by atoms with E-state index in [1.807, 2.05) is 28.4 Å². The third-order valence-corrected chi connectivity index (χ3v) is 13.6. The van der Waals surface area contributed by atoms with Crippen LogP contribution in [0.5, 0.6) is 23.0 Å². The fourth-order valence-corrected chi connectivity index (χ4v) is 10.9. The molecule has 0 aromatic heterocycles. The summed E-state index contributed by atoms with van der Waals surface area (Å²) >= 11 is 0. The van der Waals surface area contributed by atoms with E-state index in [0.717, 1.165) is 87.2 Å². The zero-order valence-electron chi connectivity index (χ0n) is 31.9. The Balaban J connectivity index is 1.35. The molecule has 12 bridgehead atoms. The van der Waals surface area contributed by atoms with Gasteiger partial charge in [-0.3, -0.25) is 0 Å². The summed E-state index contributed by atoms with van der Waals surface area (Å²) in [4.78, 5) is 0. The van der Waals surface area contributed by atoms with E-state index >= 15 is 0 Å². The molecule has 0 heterocycles. The summed E-state index contributed by atoms with van der Waals surface area (Å²) in [6, 6.07) is 20.0. The summed E-state index contributed by atoms with van der Waals surface area (Å²) in [7, 11) is 7.57. The van der Waals surface area contributed by atoms with Crippen molar-refractivity contribution >= 4 is 0 Å². The Labute approximate surface area is 311 Å². The summed E-state index contributed by atoms with van der Waals surface area (Å²) in [6.45, 7) is 0. The van der Waals surface area contributed by atoms with Crippen LogP contribution in [0.15, 0.2) is 48.5 Å². The third-order valence-electron chi connectivity index (χ3n) is 13.6. The van der Waals surface area contributed by atoms with Gasteiger partial charge in [0.2, 0.25) is 0 Å². The van der Waals surface area contributed by atoms with Gasteiger partial charge in [0.1, 0.15) is 23.0 Å². The van der Waals surface area contributed by atoms with E-state index in [9.17, 15) is 0 Å². The molecule has 52 heavy (non-hydrogen) atoms. The summed E-state index contributed by atoms with van der Waals surface area (Å²) in [5, 5.41) is 0. The van der Waals surface area contributed by atoms with Gasteiger partial charge in [0.25, 0.3) is 0 Å². The molecule has 2 saturated carbocycles. The van der Waals surface area contributed by atoms with Crippen molar-refractivity contribution in [3.8, 4) is 23.0 Å². The normalized spacial score (nSPS) is 23.3. The van der Waals surface area contributed by atoms with Crippen LogP contribution < -0.4 is 18.9 Å². The number of ether oxygens (including phenoxy) is 4. The van der Waals surface area contributed by atoms with Crippen molar-refractivity contribution in [2.75, 3.05) is 28.4 Å². The topological polar surface area (TPSA) is 36.9 Å². The first-order valence-electron chi connectivity index (χ1n) is 20.4. The van der Waals surface area contributed by atoms with Crippen LogP contribution in [0, 0.1) is 0 Å². The lowest BCUT2D eigenvalue weighted by Crippen LogP contribution is -2.25. The van der Waals surface area contributed by atoms with E-state index in [1.54, 1.807) is 0 Å². The molecular formula is C48H56O4. The van der Waals surface area contributed by atoms with Gasteiger partial charge in [0, 0.05) is 12.8 Å². The smallest absolute Gasteiger partial charge is 0.125 e. The highest BCUT2D eigenvalue weighted by atomic mass is 16.5. The van der Waals surface area contributed by atoms with Crippen LogP contribution in [0.1, 0.15) is 155 Å². The van der Waals surface area contributed by atoms with Gasteiger partial charge < -0.3 is 18.9 Å². The van der Waals surface area contributed by atoms with E-state index in [2.05, 4.69) is 48.5 Å². The van der Waals surface area contributed by atoms with Gasteiger partial charge in [-0.05, 0) is 167 Å². The van der Waals surface area contributed by atoms with Crippen LogP contribution in [-0.2, 0) is 38.5 Å². The second-order valence-electron chi connectivity index (χ2n) is 16.6. The summed E-state index contributed by atoms with van der Waals surface area (Å²) in [5.74, 6) is 5.90. The molecular weight excluding hydrogens is 641 g/mol. The summed E-state index contributed by atoms with van der Waals surface area (Å²) in [5.41, 5.74) is 16.6. The van der Waals surface area contributed by atoms with Crippen molar-refractivity contribution in [1.29, 1.82) is 0 Å². The highest BCUT2D eigenvalue weighted by molar-refractivity contribution is 5.59. The first-order valence-corrected chi connectivity index (χ1v) is 20.4.